The van der Waals surface area contributed by atoms with Crippen molar-refractivity contribution in [1.82, 2.24) is 5.43 Å². The number of carbonyl (C=O) groups excluding carboxylic acids is 1. The van der Waals surface area contributed by atoms with Crippen LogP contribution in [0, 0.1) is 16.0 Å². The second kappa shape index (κ2) is 7.00. The Morgan fingerprint density at radius 1 is 1.48 bits per heavy atom. The minimum absolute atomic E-state index is 0.124. The largest absolute Gasteiger partial charge is 0.271 e. The zero-order valence-corrected chi connectivity index (χ0v) is 13.2. The molecule has 120 valence electrons. The first-order chi connectivity index (χ1) is 10.9. The van der Waals surface area contributed by atoms with Gasteiger partial charge in [-0.25, -0.2) is 5.43 Å². The van der Waals surface area contributed by atoms with E-state index in [2.05, 4.69) is 23.2 Å². The Morgan fingerprint density at radius 3 is 2.87 bits per heavy atom. The van der Waals surface area contributed by atoms with E-state index in [0.29, 0.717) is 5.92 Å². The van der Waals surface area contributed by atoms with Gasteiger partial charge in [-0.2, -0.15) is 5.10 Å². The number of nitrogens with one attached hydrogen (secondary N) is 1. The first kappa shape index (κ1) is 16.6. The highest BCUT2D eigenvalue weighted by molar-refractivity contribution is 6.02. The Bertz CT molecular complexity index is 720. The molecule has 0 aliphatic heterocycles. The fourth-order valence-corrected chi connectivity index (χ4v) is 2.37. The van der Waals surface area contributed by atoms with E-state index in [-0.39, 0.29) is 11.3 Å². The van der Waals surface area contributed by atoms with E-state index in [9.17, 15) is 14.9 Å². The molecule has 0 saturated carbocycles. The zero-order valence-electron chi connectivity index (χ0n) is 13.2. The normalized spacial score (nSPS) is 19.1. The van der Waals surface area contributed by atoms with Gasteiger partial charge in [0, 0.05) is 17.7 Å². The van der Waals surface area contributed by atoms with Crippen molar-refractivity contribution in [2.24, 2.45) is 11.0 Å². The molecule has 0 aromatic heterocycles. The van der Waals surface area contributed by atoms with Crippen LogP contribution in [-0.4, -0.2) is 16.5 Å². The minimum atomic E-state index is -0.534. The van der Waals surface area contributed by atoms with E-state index in [4.69, 9.17) is 0 Å². The summed E-state index contributed by atoms with van der Waals surface area (Å²) in [7, 11) is 0. The van der Waals surface area contributed by atoms with E-state index in [0.717, 1.165) is 29.7 Å². The number of allylic oxidation sites excluding steroid dienone is 3. The highest BCUT2D eigenvalue weighted by atomic mass is 16.6. The molecule has 1 amide bonds. The molecule has 0 bridgehead atoms. The first-order valence-corrected chi connectivity index (χ1v) is 7.32. The number of benzene rings is 1. The second-order valence-corrected chi connectivity index (χ2v) is 5.68. The Kier molecular flexibility index (Phi) is 5.05. The Labute approximate surface area is 134 Å². The number of nitrogens with zero attached hydrogens (tertiary/aromatic N) is 2. The molecular formula is C17H19N3O3. The van der Waals surface area contributed by atoms with Crippen molar-refractivity contribution in [3.05, 3.63) is 63.7 Å². The quantitative estimate of drug-likeness (QED) is 0.523. The Hall–Kier alpha value is -2.76. The number of hydrogen-bond donors (Lipinski definition) is 1. The lowest BCUT2D eigenvalue weighted by Crippen LogP contribution is -2.23. The van der Waals surface area contributed by atoms with Crippen molar-refractivity contribution in [3.63, 3.8) is 0 Å². The predicted molar refractivity (Wildman–Crippen MR) is 89.3 cm³/mol. The van der Waals surface area contributed by atoms with Crippen LogP contribution < -0.4 is 5.43 Å². The fraction of sp³-hybridized carbons (Fsp3) is 0.294. The van der Waals surface area contributed by atoms with Crippen molar-refractivity contribution < 1.29 is 9.72 Å². The third-order valence-electron chi connectivity index (χ3n) is 3.91. The van der Waals surface area contributed by atoms with Gasteiger partial charge in [0.25, 0.3) is 11.6 Å². The minimum Gasteiger partial charge on any atom is -0.267 e. The molecule has 0 spiro atoms. The average Bonchev–Trinajstić information content (AvgIpc) is 2.53. The van der Waals surface area contributed by atoms with E-state index >= 15 is 0 Å². The van der Waals surface area contributed by atoms with Gasteiger partial charge in [0.2, 0.25) is 0 Å². The lowest BCUT2D eigenvalue weighted by molar-refractivity contribution is -0.384. The smallest absolute Gasteiger partial charge is 0.267 e. The summed E-state index contributed by atoms with van der Waals surface area (Å²) in [6.07, 6.45) is 3.74. The van der Waals surface area contributed by atoms with Crippen LogP contribution in [0.15, 0.2) is 53.2 Å². The lowest BCUT2D eigenvalue weighted by atomic mass is 9.85. The number of carbonyl (C=O) groups is 1. The molecule has 23 heavy (non-hydrogen) atoms. The summed E-state index contributed by atoms with van der Waals surface area (Å²) in [6.45, 7) is 7.91. The standard InChI is InChI=1S/C17H19N3O3/c1-11(2)13-8-7-12(3)16(10-13)18-19-17(21)14-5-4-6-15(9-14)20(22)23/h4-7,9,13H,1,8,10H2,2-3H3,(H,19,21)/b18-16-/t13-/m1/s1. The van der Waals surface area contributed by atoms with Crippen LogP contribution in [0.1, 0.15) is 37.0 Å². The summed E-state index contributed by atoms with van der Waals surface area (Å²) < 4.78 is 0. The second-order valence-electron chi connectivity index (χ2n) is 5.68. The maximum Gasteiger partial charge on any atom is 0.271 e. The molecule has 1 aromatic rings. The van der Waals surface area contributed by atoms with Gasteiger partial charge >= 0.3 is 0 Å². The van der Waals surface area contributed by atoms with E-state index < -0.39 is 10.8 Å². The van der Waals surface area contributed by atoms with E-state index in [1.54, 1.807) is 0 Å². The number of non-ortho nitro benzene ring substituents is 1. The summed E-state index contributed by atoms with van der Waals surface area (Å²) in [5.41, 5.74) is 5.49. The lowest BCUT2D eigenvalue weighted by Gasteiger charge is -2.22. The van der Waals surface area contributed by atoms with Crippen LogP contribution in [0.4, 0.5) is 5.69 Å². The molecule has 6 nitrogen and oxygen atoms in total. The summed E-state index contributed by atoms with van der Waals surface area (Å²) in [6, 6.07) is 5.57. The van der Waals surface area contributed by atoms with Crippen molar-refractivity contribution >= 4 is 17.3 Å². The van der Waals surface area contributed by atoms with Crippen LogP contribution in [0.5, 0.6) is 0 Å². The third kappa shape index (κ3) is 4.12. The van der Waals surface area contributed by atoms with E-state index in [1.807, 2.05) is 13.8 Å². The van der Waals surface area contributed by atoms with Gasteiger partial charge < -0.3 is 0 Å². The molecule has 0 radical (unpaired) electrons. The zero-order chi connectivity index (χ0) is 17.0. The summed E-state index contributed by atoms with van der Waals surface area (Å²) in [5, 5.41) is 14.9. The number of hydrazone groups is 1. The Balaban J connectivity index is 2.12. The molecule has 1 N–H and O–H groups in total. The van der Waals surface area contributed by atoms with Crippen molar-refractivity contribution in [1.29, 1.82) is 0 Å². The summed E-state index contributed by atoms with van der Waals surface area (Å²) >= 11 is 0. The molecular weight excluding hydrogens is 294 g/mol. The van der Waals surface area contributed by atoms with Gasteiger partial charge in [0.05, 0.1) is 10.6 Å². The van der Waals surface area contributed by atoms with Crippen molar-refractivity contribution in [2.75, 3.05) is 0 Å². The van der Waals surface area contributed by atoms with E-state index in [1.165, 1.54) is 24.3 Å². The fourth-order valence-electron chi connectivity index (χ4n) is 2.37. The molecule has 0 unspecified atom stereocenters. The number of rotatable bonds is 4. The third-order valence-corrected chi connectivity index (χ3v) is 3.91. The van der Waals surface area contributed by atoms with Crippen LogP contribution in [0.2, 0.25) is 0 Å². The van der Waals surface area contributed by atoms with Crippen LogP contribution in [-0.2, 0) is 0 Å². The SMILES string of the molecule is C=C(C)[C@@H]1CC=C(C)/C(=N\NC(=O)c2cccc([N+](=O)[O-])c2)C1. The molecule has 0 fully saturated rings. The first-order valence-electron chi connectivity index (χ1n) is 7.32. The van der Waals surface area contributed by atoms with Crippen LogP contribution in [0.3, 0.4) is 0 Å². The van der Waals surface area contributed by atoms with Crippen molar-refractivity contribution in [2.45, 2.75) is 26.7 Å². The average molecular weight is 313 g/mol. The van der Waals surface area contributed by atoms with Gasteiger partial charge in [0.1, 0.15) is 0 Å². The highest BCUT2D eigenvalue weighted by Crippen LogP contribution is 2.26. The van der Waals surface area contributed by atoms with Gasteiger partial charge in [-0.3, -0.25) is 14.9 Å². The predicted octanol–water partition coefficient (Wildman–Crippen LogP) is 3.61. The molecule has 1 atom stereocenters. The molecule has 0 saturated heterocycles. The van der Waals surface area contributed by atoms with Gasteiger partial charge in [-0.15, -0.1) is 0 Å². The Morgan fingerprint density at radius 2 is 2.22 bits per heavy atom. The summed E-state index contributed by atoms with van der Waals surface area (Å²) in [5.74, 6) is -0.140. The topological polar surface area (TPSA) is 84.6 Å². The number of nitro benzene ring substituents is 1. The molecule has 1 aliphatic rings. The number of nitro groups is 1. The maximum absolute atomic E-state index is 12.1. The van der Waals surface area contributed by atoms with Crippen LogP contribution in [0.25, 0.3) is 0 Å². The monoisotopic (exact) mass is 313 g/mol. The number of amides is 1. The molecule has 2 rings (SSSR count). The molecule has 1 aliphatic carbocycles. The molecule has 1 aromatic carbocycles. The van der Waals surface area contributed by atoms with Crippen LogP contribution >= 0.6 is 0 Å². The van der Waals surface area contributed by atoms with Gasteiger partial charge in [-0.05, 0) is 44.2 Å². The van der Waals surface area contributed by atoms with Crippen molar-refractivity contribution in [3.8, 4) is 0 Å². The number of hydrogen-bond acceptors (Lipinski definition) is 4. The molecule has 0 heterocycles. The highest BCUT2D eigenvalue weighted by Gasteiger charge is 2.19. The van der Waals surface area contributed by atoms with Gasteiger partial charge in [-0.1, -0.05) is 24.3 Å². The summed E-state index contributed by atoms with van der Waals surface area (Å²) in [4.78, 5) is 22.3. The van der Waals surface area contributed by atoms with Gasteiger partial charge in [0.15, 0.2) is 0 Å². The maximum atomic E-state index is 12.1. The molecule has 6 heteroatoms.